The Kier molecular flexibility index (Phi) is 4.88. The molecule has 2 aromatic carbocycles. The molecule has 0 bridgehead atoms. The van der Waals surface area contributed by atoms with Gasteiger partial charge in [0.05, 0.1) is 18.1 Å². The normalized spacial score (nSPS) is 14.5. The fourth-order valence-corrected chi connectivity index (χ4v) is 2.98. The summed E-state index contributed by atoms with van der Waals surface area (Å²) < 4.78 is 5.14. The van der Waals surface area contributed by atoms with E-state index in [1.807, 2.05) is 12.1 Å². The highest BCUT2D eigenvalue weighted by Crippen LogP contribution is 2.48. The van der Waals surface area contributed by atoms with Gasteiger partial charge in [-0.2, -0.15) is 0 Å². The highest BCUT2D eigenvalue weighted by molar-refractivity contribution is 6.31. The average molecular weight is 379 g/mol. The smallest absolute Gasteiger partial charge is 0.273 e. The first kappa shape index (κ1) is 17.6. The number of hydrazine groups is 1. The molecule has 2 aromatic rings. The molecule has 1 aliphatic rings. The number of hydrogen-bond acceptors (Lipinski definition) is 3. The Labute approximate surface area is 155 Å². The number of carbonyl (C=O) groups excluding carboxylic acids is 2. The van der Waals surface area contributed by atoms with E-state index in [1.54, 1.807) is 18.2 Å². The van der Waals surface area contributed by atoms with E-state index in [2.05, 4.69) is 10.9 Å². The van der Waals surface area contributed by atoms with Crippen molar-refractivity contribution in [2.45, 2.75) is 18.3 Å². The number of hydrogen-bond donors (Lipinski definition) is 2. The number of carbonyl (C=O) groups is 2. The SMILES string of the molecule is COc1cc(Cl)ccc1C(=O)NNC(=O)C1(c2ccc(Cl)cc2)CC1. The molecule has 0 aromatic heterocycles. The predicted molar refractivity (Wildman–Crippen MR) is 96.0 cm³/mol. The van der Waals surface area contributed by atoms with Gasteiger partial charge in [-0.15, -0.1) is 0 Å². The topological polar surface area (TPSA) is 67.4 Å². The van der Waals surface area contributed by atoms with Crippen LogP contribution < -0.4 is 15.6 Å². The number of ether oxygens (including phenoxy) is 1. The van der Waals surface area contributed by atoms with Crippen LogP contribution >= 0.6 is 23.2 Å². The molecule has 7 heteroatoms. The molecule has 1 fully saturated rings. The lowest BCUT2D eigenvalue weighted by atomic mass is 9.95. The van der Waals surface area contributed by atoms with Crippen molar-refractivity contribution in [1.82, 2.24) is 10.9 Å². The summed E-state index contributed by atoms with van der Waals surface area (Å²) in [5, 5.41) is 1.07. The minimum atomic E-state index is -0.609. The second-order valence-electron chi connectivity index (χ2n) is 5.84. The van der Waals surface area contributed by atoms with Crippen molar-refractivity contribution >= 4 is 35.0 Å². The van der Waals surface area contributed by atoms with Crippen molar-refractivity contribution in [1.29, 1.82) is 0 Å². The van der Waals surface area contributed by atoms with Gasteiger partial charge < -0.3 is 4.74 Å². The van der Waals surface area contributed by atoms with Gasteiger partial charge in [-0.05, 0) is 48.7 Å². The predicted octanol–water partition coefficient (Wildman–Crippen LogP) is 3.49. The first-order valence-electron chi connectivity index (χ1n) is 7.67. The maximum absolute atomic E-state index is 12.5. The van der Waals surface area contributed by atoms with Crippen LogP contribution in [-0.2, 0) is 10.2 Å². The van der Waals surface area contributed by atoms with E-state index < -0.39 is 11.3 Å². The quantitative estimate of drug-likeness (QED) is 0.800. The van der Waals surface area contributed by atoms with Gasteiger partial charge in [-0.25, -0.2) is 0 Å². The number of rotatable bonds is 4. The van der Waals surface area contributed by atoms with Crippen LogP contribution in [0, 0.1) is 0 Å². The molecule has 0 heterocycles. The van der Waals surface area contributed by atoms with E-state index in [1.165, 1.54) is 19.2 Å². The third-order valence-electron chi connectivity index (χ3n) is 4.28. The summed E-state index contributed by atoms with van der Waals surface area (Å²) in [6.07, 6.45) is 1.45. The minimum absolute atomic E-state index is 0.254. The molecule has 0 radical (unpaired) electrons. The highest BCUT2D eigenvalue weighted by Gasteiger charge is 2.51. The Bertz CT molecular complexity index is 818. The van der Waals surface area contributed by atoms with Gasteiger partial charge in [-0.3, -0.25) is 20.4 Å². The Morgan fingerprint density at radius 1 is 1.00 bits per heavy atom. The van der Waals surface area contributed by atoms with Gasteiger partial charge >= 0.3 is 0 Å². The molecule has 3 rings (SSSR count). The number of methoxy groups -OCH3 is 1. The van der Waals surface area contributed by atoms with Crippen molar-refractivity contribution in [2.24, 2.45) is 0 Å². The van der Waals surface area contributed by atoms with Crippen LogP contribution in [0.25, 0.3) is 0 Å². The zero-order valence-electron chi connectivity index (χ0n) is 13.4. The van der Waals surface area contributed by atoms with Crippen molar-refractivity contribution < 1.29 is 14.3 Å². The molecule has 130 valence electrons. The fourth-order valence-electron chi connectivity index (χ4n) is 2.69. The van der Waals surface area contributed by atoms with Crippen molar-refractivity contribution in [3.8, 4) is 5.75 Å². The van der Waals surface area contributed by atoms with E-state index >= 15 is 0 Å². The van der Waals surface area contributed by atoms with Crippen LogP contribution in [0.4, 0.5) is 0 Å². The first-order chi connectivity index (χ1) is 12.0. The summed E-state index contributed by atoms with van der Waals surface area (Å²) in [4.78, 5) is 24.8. The zero-order valence-corrected chi connectivity index (χ0v) is 14.9. The second kappa shape index (κ2) is 6.94. The number of benzene rings is 2. The largest absolute Gasteiger partial charge is 0.496 e. The molecular weight excluding hydrogens is 363 g/mol. The average Bonchev–Trinajstić information content (AvgIpc) is 3.41. The van der Waals surface area contributed by atoms with Crippen molar-refractivity contribution in [3.63, 3.8) is 0 Å². The summed E-state index contributed by atoms with van der Waals surface area (Å²) in [7, 11) is 1.45. The molecule has 0 unspecified atom stereocenters. The van der Waals surface area contributed by atoms with Gasteiger partial charge in [0, 0.05) is 10.0 Å². The van der Waals surface area contributed by atoms with Crippen LogP contribution in [0.5, 0.6) is 5.75 Å². The number of halogens is 2. The lowest BCUT2D eigenvalue weighted by Crippen LogP contribution is -2.46. The summed E-state index contributed by atoms with van der Waals surface area (Å²) in [6.45, 7) is 0. The molecule has 0 saturated heterocycles. The number of amides is 2. The molecule has 1 saturated carbocycles. The van der Waals surface area contributed by atoms with Crippen LogP contribution in [0.3, 0.4) is 0 Å². The summed E-state index contributed by atoms with van der Waals surface area (Å²) in [5.74, 6) is -0.400. The lowest BCUT2D eigenvalue weighted by molar-refractivity contribution is -0.124. The lowest BCUT2D eigenvalue weighted by Gasteiger charge is -2.17. The van der Waals surface area contributed by atoms with Crippen LogP contribution in [0.15, 0.2) is 42.5 Å². The van der Waals surface area contributed by atoms with E-state index in [0.29, 0.717) is 15.8 Å². The molecule has 2 amide bonds. The highest BCUT2D eigenvalue weighted by atomic mass is 35.5. The zero-order chi connectivity index (χ0) is 18.0. The maximum atomic E-state index is 12.5. The second-order valence-corrected chi connectivity index (χ2v) is 6.71. The first-order valence-corrected chi connectivity index (χ1v) is 8.42. The van der Waals surface area contributed by atoms with Crippen LogP contribution in [0.2, 0.25) is 10.0 Å². The van der Waals surface area contributed by atoms with Gasteiger partial charge in [0.25, 0.3) is 5.91 Å². The van der Waals surface area contributed by atoms with Crippen LogP contribution in [-0.4, -0.2) is 18.9 Å². The summed E-state index contributed by atoms with van der Waals surface area (Å²) in [6, 6.07) is 11.8. The molecule has 5 nitrogen and oxygen atoms in total. The standard InChI is InChI=1S/C18H16Cl2N2O3/c1-25-15-10-13(20)6-7-14(15)16(23)21-22-17(24)18(8-9-18)11-2-4-12(19)5-3-11/h2-7,10H,8-9H2,1H3,(H,21,23)(H,22,24). The van der Waals surface area contributed by atoms with E-state index in [9.17, 15) is 9.59 Å². The van der Waals surface area contributed by atoms with Gasteiger partial charge in [-0.1, -0.05) is 35.3 Å². The Morgan fingerprint density at radius 2 is 1.64 bits per heavy atom. The Hall–Kier alpha value is -2.24. The van der Waals surface area contributed by atoms with Crippen molar-refractivity contribution in [2.75, 3.05) is 7.11 Å². The molecule has 25 heavy (non-hydrogen) atoms. The van der Waals surface area contributed by atoms with Gasteiger partial charge in [0.1, 0.15) is 5.75 Å². The molecular formula is C18H16Cl2N2O3. The van der Waals surface area contributed by atoms with Gasteiger partial charge in [0.2, 0.25) is 5.91 Å². The Morgan fingerprint density at radius 3 is 2.24 bits per heavy atom. The fraction of sp³-hybridized carbons (Fsp3) is 0.222. The minimum Gasteiger partial charge on any atom is -0.496 e. The van der Waals surface area contributed by atoms with Crippen LogP contribution in [0.1, 0.15) is 28.8 Å². The molecule has 0 spiro atoms. The van der Waals surface area contributed by atoms with E-state index in [-0.39, 0.29) is 11.5 Å². The monoisotopic (exact) mass is 378 g/mol. The number of nitrogens with one attached hydrogen (secondary N) is 2. The van der Waals surface area contributed by atoms with E-state index in [0.717, 1.165) is 18.4 Å². The molecule has 0 atom stereocenters. The molecule has 2 N–H and O–H groups in total. The van der Waals surface area contributed by atoms with Gasteiger partial charge in [0.15, 0.2) is 0 Å². The third-order valence-corrected chi connectivity index (χ3v) is 4.77. The molecule has 0 aliphatic heterocycles. The van der Waals surface area contributed by atoms with E-state index in [4.69, 9.17) is 27.9 Å². The maximum Gasteiger partial charge on any atom is 0.273 e. The molecule has 1 aliphatic carbocycles. The Balaban J connectivity index is 1.68. The van der Waals surface area contributed by atoms with Crippen molar-refractivity contribution in [3.05, 3.63) is 63.6 Å². The summed E-state index contributed by atoms with van der Waals surface area (Å²) >= 11 is 11.8. The summed E-state index contributed by atoms with van der Waals surface area (Å²) in [5.41, 5.74) is 5.49. The third kappa shape index (κ3) is 3.57.